The number of hydrogen-bond acceptors (Lipinski definition) is 3. The summed E-state index contributed by atoms with van der Waals surface area (Å²) in [4.78, 5) is 11.9. The molecule has 1 aliphatic carbocycles. The van der Waals surface area contributed by atoms with E-state index in [9.17, 15) is 17.6 Å². The van der Waals surface area contributed by atoms with Gasteiger partial charge in [0.25, 0.3) is 5.91 Å². The average molecular weight is 376 g/mol. The molecule has 0 bridgehead atoms. The first-order valence-electron chi connectivity index (χ1n) is 8.49. The molecule has 0 heterocycles. The summed E-state index contributed by atoms with van der Waals surface area (Å²) in [7, 11) is -3.98. The van der Waals surface area contributed by atoms with E-state index < -0.39 is 26.6 Å². The molecule has 2 N–H and O–H groups in total. The van der Waals surface area contributed by atoms with E-state index in [2.05, 4.69) is 23.9 Å². The molecular weight excluding hydrogens is 355 g/mol. The van der Waals surface area contributed by atoms with Gasteiger partial charge in [-0.2, -0.15) is 0 Å². The van der Waals surface area contributed by atoms with E-state index in [-0.39, 0.29) is 11.6 Å². The lowest BCUT2D eigenvalue weighted by atomic mass is 10.0. The highest BCUT2D eigenvalue weighted by atomic mass is 32.2. The van der Waals surface area contributed by atoms with Crippen LogP contribution in [0.5, 0.6) is 0 Å². The summed E-state index contributed by atoms with van der Waals surface area (Å²) in [5, 5.41) is 2.70. The second kappa shape index (κ2) is 7.17. The zero-order valence-corrected chi connectivity index (χ0v) is 15.4. The number of rotatable bonds is 6. The molecule has 1 aliphatic rings. The number of benzene rings is 2. The highest BCUT2D eigenvalue weighted by molar-refractivity contribution is 7.89. The lowest BCUT2D eigenvalue weighted by molar-refractivity contribution is 0.102. The third-order valence-corrected chi connectivity index (χ3v) is 5.75. The summed E-state index contributed by atoms with van der Waals surface area (Å²) in [5.41, 5.74) is 1.81. The van der Waals surface area contributed by atoms with Crippen LogP contribution in [0.15, 0.2) is 47.4 Å². The smallest absolute Gasteiger partial charge is 0.255 e. The summed E-state index contributed by atoms with van der Waals surface area (Å²) >= 11 is 0. The van der Waals surface area contributed by atoms with Gasteiger partial charge in [0.1, 0.15) is 10.7 Å². The van der Waals surface area contributed by atoms with Gasteiger partial charge in [0.15, 0.2) is 0 Å². The number of carbonyl (C=O) groups is 1. The summed E-state index contributed by atoms with van der Waals surface area (Å²) in [6.07, 6.45) is 1.49. The molecule has 5 nitrogen and oxygen atoms in total. The molecule has 0 aromatic heterocycles. The lowest BCUT2D eigenvalue weighted by Gasteiger charge is -2.10. The van der Waals surface area contributed by atoms with Gasteiger partial charge < -0.3 is 5.32 Å². The topological polar surface area (TPSA) is 75.3 Å². The van der Waals surface area contributed by atoms with Crippen molar-refractivity contribution >= 4 is 21.6 Å². The second-order valence-electron chi connectivity index (χ2n) is 6.77. The SMILES string of the molecule is CC(C)c1ccc(NC(=O)c2ccc(F)c(S(=O)(=O)NC3CC3)c2)cc1. The van der Waals surface area contributed by atoms with Gasteiger partial charge in [-0.15, -0.1) is 0 Å². The van der Waals surface area contributed by atoms with Crippen LogP contribution in [0.1, 0.15) is 48.5 Å². The van der Waals surface area contributed by atoms with Gasteiger partial charge in [0, 0.05) is 17.3 Å². The molecule has 7 heteroatoms. The first kappa shape index (κ1) is 18.5. The molecule has 1 amide bonds. The summed E-state index contributed by atoms with van der Waals surface area (Å²) in [5.74, 6) is -0.996. The zero-order valence-electron chi connectivity index (χ0n) is 14.6. The van der Waals surface area contributed by atoms with Crippen molar-refractivity contribution in [3.63, 3.8) is 0 Å². The maximum Gasteiger partial charge on any atom is 0.255 e. The largest absolute Gasteiger partial charge is 0.322 e. The minimum Gasteiger partial charge on any atom is -0.322 e. The first-order valence-corrected chi connectivity index (χ1v) is 9.98. The van der Waals surface area contributed by atoms with Crippen LogP contribution < -0.4 is 10.0 Å². The first-order chi connectivity index (χ1) is 12.3. The molecule has 0 saturated heterocycles. The highest BCUT2D eigenvalue weighted by Crippen LogP contribution is 2.24. The maximum atomic E-state index is 14.0. The van der Waals surface area contributed by atoms with Gasteiger partial charge in [0.05, 0.1) is 0 Å². The summed E-state index contributed by atoms with van der Waals surface area (Å²) < 4.78 is 40.9. The number of carbonyl (C=O) groups excluding carboxylic acids is 1. The van der Waals surface area contributed by atoms with Gasteiger partial charge in [0.2, 0.25) is 10.0 Å². The zero-order chi connectivity index (χ0) is 18.9. The van der Waals surface area contributed by atoms with E-state index in [0.29, 0.717) is 11.6 Å². The third kappa shape index (κ3) is 4.28. The van der Waals surface area contributed by atoms with Crippen molar-refractivity contribution in [2.24, 2.45) is 0 Å². The molecule has 0 unspecified atom stereocenters. The fourth-order valence-electron chi connectivity index (χ4n) is 2.49. The standard InChI is InChI=1S/C19H21FN2O3S/c1-12(2)13-3-6-15(7-4-13)21-19(23)14-5-10-17(20)18(11-14)26(24,25)22-16-8-9-16/h3-7,10-12,16,22H,8-9H2,1-2H3,(H,21,23). The number of amides is 1. The molecular formula is C19H21FN2O3S. The van der Waals surface area contributed by atoms with Crippen LogP contribution in [0.3, 0.4) is 0 Å². The van der Waals surface area contributed by atoms with E-state index in [0.717, 1.165) is 30.5 Å². The predicted octanol–water partition coefficient (Wildman–Crippen LogP) is 3.64. The lowest BCUT2D eigenvalue weighted by Crippen LogP contribution is -2.27. The van der Waals surface area contributed by atoms with Crippen molar-refractivity contribution in [1.82, 2.24) is 4.72 Å². The molecule has 1 saturated carbocycles. The Kier molecular flexibility index (Phi) is 5.11. The number of hydrogen-bond donors (Lipinski definition) is 2. The predicted molar refractivity (Wildman–Crippen MR) is 98.2 cm³/mol. The van der Waals surface area contributed by atoms with E-state index in [4.69, 9.17) is 0 Å². The number of anilines is 1. The molecule has 2 aromatic carbocycles. The second-order valence-corrected chi connectivity index (χ2v) is 8.45. The summed E-state index contributed by atoms with van der Waals surface area (Å²) in [6, 6.07) is 10.6. The molecule has 0 spiro atoms. The Labute approximate surface area is 152 Å². The quantitative estimate of drug-likeness (QED) is 0.808. The number of sulfonamides is 1. The van der Waals surface area contributed by atoms with Gasteiger partial charge >= 0.3 is 0 Å². The Bertz CT molecular complexity index is 920. The van der Waals surface area contributed by atoms with Gasteiger partial charge in [-0.25, -0.2) is 17.5 Å². The van der Waals surface area contributed by atoms with E-state index in [1.807, 2.05) is 12.1 Å². The van der Waals surface area contributed by atoms with Gasteiger partial charge in [-0.1, -0.05) is 26.0 Å². The summed E-state index contributed by atoms with van der Waals surface area (Å²) in [6.45, 7) is 4.15. The Hall–Kier alpha value is -2.25. The monoisotopic (exact) mass is 376 g/mol. The van der Waals surface area contributed by atoms with Crippen molar-refractivity contribution in [3.05, 3.63) is 59.4 Å². The minimum atomic E-state index is -3.98. The molecule has 0 atom stereocenters. The van der Waals surface area contributed by atoms with Crippen molar-refractivity contribution in [1.29, 1.82) is 0 Å². The van der Waals surface area contributed by atoms with Crippen molar-refractivity contribution in [2.45, 2.75) is 43.5 Å². The van der Waals surface area contributed by atoms with Crippen LogP contribution in [0.25, 0.3) is 0 Å². The average Bonchev–Trinajstić information content (AvgIpc) is 3.38. The molecule has 26 heavy (non-hydrogen) atoms. The Morgan fingerprint density at radius 3 is 2.35 bits per heavy atom. The minimum absolute atomic E-state index is 0.0792. The van der Waals surface area contributed by atoms with Crippen molar-refractivity contribution < 1.29 is 17.6 Å². The van der Waals surface area contributed by atoms with Crippen molar-refractivity contribution in [3.8, 4) is 0 Å². The van der Waals surface area contributed by atoms with Crippen LogP contribution in [-0.4, -0.2) is 20.4 Å². The Morgan fingerprint density at radius 1 is 1.12 bits per heavy atom. The molecule has 0 aliphatic heterocycles. The van der Waals surface area contributed by atoms with Crippen molar-refractivity contribution in [2.75, 3.05) is 5.32 Å². The highest BCUT2D eigenvalue weighted by Gasteiger charge is 2.30. The van der Waals surface area contributed by atoms with E-state index >= 15 is 0 Å². The molecule has 2 aromatic rings. The van der Waals surface area contributed by atoms with Crippen LogP contribution in [-0.2, 0) is 10.0 Å². The fourth-order valence-corrected chi connectivity index (χ4v) is 3.90. The fraction of sp³-hybridized carbons (Fsp3) is 0.316. The number of nitrogens with one attached hydrogen (secondary N) is 2. The van der Waals surface area contributed by atoms with Gasteiger partial charge in [-0.3, -0.25) is 4.79 Å². The van der Waals surface area contributed by atoms with Crippen LogP contribution in [0, 0.1) is 5.82 Å². The van der Waals surface area contributed by atoms with E-state index in [1.165, 1.54) is 6.07 Å². The van der Waals surface area contributed by atoms with Crippen LogP contribution >= 0.6 is 0 Å². The molecule has 3 rings (SSSR count). The van der Waals surface area contributed by atoms with Gasteiger partial charge in [-0.05, 0) is 54.7 Å². The molecule has 0 radical (unpaired) electrons. The maximum absolute atomic E-state index is 14.0. The normalized spacial score (nSPS) is 14.5. The molecule has 1 fully saturated rings. The Balaban J connectivity index is 1.80. The van der Waals surface area contributed by atoms with Crippen LogP contribution in [0.4, 0.5) is 10.1 Å². The third-order valence-electron chi connectivity index (χ3n) is 4.22. The Morgan fingerprint density at radius 2 is 1.77 bits per heavy atom. The van der Waals surface area contributed by atoms with E-state index in [1.54, 1.807) is 12.1 Å². The molecule has 138 valence electrons. The number of halogens is 1. The van der Waals surface area contributed by atoms with Crippen LogP contribution in [0.2, 0.25) is 0 Å².